The number of phenolic OH excluding ortho intramolecular Hbond substituents is 1. The Labute approximate surface area is 209 Å². The highest BCUT2D eigenvalue weighted by Gasteiger charge is 2.24. The summed E-state index contributed by atoms with van der Waals surface area (Å²) in [4.78, 5) is 25.5. The van der Waals surface area contributed by atoms with Crippen LogP contribution in [0.5, 0.6) is 5.75 Å². The van der Waals surface area contributed by atoms with Crippen molar-refractivity contribution < 1.29 is 19.4 Å². The molecule has 0 saturated heterocycles. The molecule has 0 radical (unpaired) electrons. The maximum Gasteiger partial charge on any atom is 0.328 e. The fourth-order valence-electron chi connectivity index (χ4n) is 3.81. The molecule has 0 bridgehead atoms. The number of nitrogens with one attached hydrogen (secondary N) is 1. The van der Waals surface area contributed by atoms with Gasteiger partial charge in [-0.15, -0.1) is 0 Å². The molecule has 0 spiro atoms. The molecule has 1 atom stereocenters. The molecule has 4 aromatic carbocycles. The van der Waals surface area contributed by atoms with Crippen molar-refractivity contribution in [2.75, 3.05) is 7.11 Å². The van der Waals surface area contributed by atoms with Crippen molar-refractivity contribution in [2.24, 2.45) is 0 Å². The van der Waals surface area contributed by atoms with Gasteiger partial charge in [-0.05, 0) is 52.1 Å². The van der Waals surface area contributed by atoms with Crippen LogP contribution in [0.4, 0.5) is 0 Å². The molecule has 4 aromatic rings. The van der Waals surface area contributed by atoms with E-state index in [4.69, 9.17) is 16.3 Å². The maximum atomic E-state index is 13.1. The van der Waals surface area contributed by atoms with E-state index in [2.05, 4.69) is 5.32 Å². The third kappa shape index (κ3) is 5.89. The molecule has 4 rings (SSSR count). The van der Waals surface area contributed by atoms with Gasteiger partial charge in [0, 0.05) is 11.4 Å². The van der Waals surface area contributed by atoms with Gasteiger partial charge >= 0.3 is 5.97 Å². The topological polar surface area (TPSA) is 75.6 Å². The summed E-state index contributed by atoms with van der Waals surface area (Å²) in [5.74, 6) is -1.33. The molecule has 5 nitrogen and oxygen atoms in total. The van der Waals surface area contributed by atoms with E-state index in [1.165, 1.54) is 13.2 Å². The lowest BCUT2D eigenvalue weighted by Crippen LogP contribution is -2.43. The Morgan fingerprint density at radius 2 is 1.40 bits per heavy atom. The van der Waals surface area contributed by atoms with Gasteiger partial charge in [0.1, 0.15) is 11.8 Å². The van der Waals surface area contributed by atoms with Crippen molar-refractivity contribution in [3.05, 3.63) is 113 Å². The number of ether oxygens (including phenoxy) is 1. The van der Waals surface area contributed by atoms with Crippen LogP contribution in [-0.2, 0) is 16.0 Å². The third-order valence-electron chi connectivity index (χ3n) is 5.71. The van der Waals surface area contributed by atoms with Gasteiger partial charge in [-0.2, -0.15) is 0 Å². The number of methoxy groups -OCH3 is 1. The fraction of sp³-hybridized carbons (Fsp3) is 0.103. The van der Waals surface area contributed by atoms with E-state index in [1.807, 2.05) is 66.7 Å². The number of carbonyl (C=O) groups is 2. The lowest BCUT2D eigenvalue weighted by Gasteiger charge is -2.18. The number of esters is 1. The average Bonchev–Trinajstić information content (AvgIpc) is 2.89. The van der Waals surface area contributed by atoms with Crippen molar-refractivity contribution in [3.63, 3.8) is 0 Å². The molecule has 0 unspecified atom stereocenters. The number of aromatic hydroxyl groups is 1. The van der Waals surface area contributed by atoms with E-state index in [9.17, 15) is 14.7 Å². The van der Waals surface area contributed by atoms with Crippen LogP contribution in [0.25, 0.3) is 22.3 Å². The molecule has 0 aliphatic heterocycles. The molecule has 0 saturated carbocycles. The molecular weight excluding hydrogens is 462 g/mol. The zero-order valence-electron chi connectivity index (χ0n) is 19.1. The monoisotopic (exact) mass is 485 g/mol. The zero-order chi connectivity index (χ0) is 24.8. The second-order valence-corrected chi connectivity index (χ2v) is 8.49. The SMILES string of the molecule is COC(=O)[C@H](Cc1ccc(-c2ccccc2)cc1)NC(=O)c1cc(-c2ccc(Cl)cc2)ccc1O. The second kappa shape index (κ2) is 10.9. The minimum atomic E-state index is -0.923. The molecule has 35 heavy (non-hydrogen) atoms. The third-order valence-corrected chi connectivity index (χ3v) is 5.96. The summed E-state index contributed by atoms with van der Waals surface area (Å²) >= 11 is 5.97. The van der Waals surface area contributed by atoms with Crippen LogP contribution in [0, 0.1) is 0 Å². The fourth-order valence-corrected chi connectivity index (χ4v) is 3.94. The molecular formula is C29H24ClNO4. The first-order valence-electron chi connectivity index (χ1n) is 11.1. The van der Waals surface area contributed by atoms with E-state index in [1.54, 1.807) is 24.3 Å². The Hall–Kier alpha value is -4.09. The lowest BCUT2D eigenvalue weighted by molar-refractivity contribution is -0.142. The number of hydrogen-bond acceptors (Lipinski definition) is 4. The summed E-state index contributed by atoms with van der Waals surface area (Å²) in [6.45, 7) is 0. The molecule has 0 heterocycles. The number of amides is 1. The van der Waals surface area contributed by atoms with Crippen LogP contribution in [0.15, 0.2) is 97.1 Å². The Morgan fingerprint density at radius 1 is 0.829 bits per heavy atom. The lowest BCUT2D eigenvalue weighted by atomic mass is 9.99. The zero-order valence-corrected chi connectivity index (χ0v) is 19.8. The standard InChI is InChI=1S/C29H24ClNO4/c1-35-29(34)26(17-19-7-9-21(10-8-19)20-5-3-2-4-6-20)31-28(33)25-18-23(13-16-27(25)32)22-11-14-24(30)15-12-22/h2-16,18,26,32H,17H2,1H3,(H,31,33)/t26-/m0/s1. The van der Waals surface area contributed by atoms with Gasteiger partial charge < -0.3 is 15.2 Å². The van der Waals surface area contributed by atoms with Crippen molar-refractivity contribution in [1.29, 1.82) is 0 Å². The van der Waals surface area contributed by atoms with E-state index >= 15 is 0 Å². The number of carbonyl (C=O) groups excluding carboxylic acids is 2. The van der Waals surface area contributed by atoms with E-state index in [0.29, 0.717) is 5.02 Å². The number of rotatable bonds is 7. The number of halogens is 1. The first kappa shape index (κ1) is 24.0. The molecule has 0 aliphatic rings. The minimum Gasteiger partial charge on any atom is -0.507 e. The number of phenols is 1. The van der Waals surface area contributed by atoms with Crippen molar-refractivity contribution in [3.8, 4) is 28.0 Å². The number of benzene rings is 4. The van der Waals surface area contributed by atoms with Crippen LogP contribution in [0.2, 0.25) is 5.02 Å². The minimum absolute atomic E-state index is 0.0609. The maximum absolute atomic E-state index is 13.1. The van der Waals surface area contributed by atoms with Crippen LogP contribution in [0.1, 0.15) is 15.9 Å². The van der Waals surface area contributed by atoms with E-state index in [0.717, 1.165) is 27.8 Å². The quantitative estimate of drug-likeness (QED) is 0.320. The van der Waals surface area contributed by atoms with Gasteiger partial charge in [0.2, 0.25) is 0 Å². The van der Waals surface area contributed by atoms with Crippen LogP contribution in [0.3, 0.4) is 0 Å². The Kier molecular flexibility index (Phi) is 7.48. The summed E-state index contributed by atoms with van der Waals surface area (Å²) in [6.07, 6.45) is 0.241. The first-order valence-corrected chi connectivity index (χ1v) is 11.4. The van der Waals surface area contributed by atoms with Gasteiger partial charge in [0.25, 0.3) is 5.91 Å². The molecule has 2 N–H and O–H groups in total. The Bertz CT molecular complexity index is 1320. The van der Waals surface area contributed by atoms with Crippen molar-refractivity contribution in [1.82, 2.24) is 5.32 Å². The largest absolute Gasteiger partial charge is 0.507 e. The predicted octanol–water partition coefficient (Wildman–Crippen LogP) is 5.89. The van der Waals surface area contributed by atoms with Crippen LogP contribution in [-0.4, -0.2) is 30.1 Å². The summed E-state index contributed by atoms with van der Waals surface area (Å²) in [6, 6.07) is 28.7. The van der Waals surface area contributed by atoms with Gasteiger partial charge in [0.15, 0.2) is 0 Å². The Morgan fingerprint density at radius 3 is 2.06 bits per heavy atom. The van der Waals surface area contributed by atoms with Gasteiger partial charge in [-0.1, -0.05) is 84.4 Å². The van der Waals surface area contributed by atoms with Crippen molar-refractivity contribution >= 4 is 23.5 Å². The second-order valence-electron chi connectivity index (χ2n) is 8.06. The molecule has 0 aliphatic carbocycles. The number of hydrogen-bond donors (Lipinski definition) is 2. The van der Waals surface area contributed by atoms with Gasteiger partial charge in [0.05, 0.1) is 12.7 Å². The highest BCUT2D eigenvalue weighted by molar-refractivity contribution is 6.30. The average molecular weight is 486 g/mol. The molecule has 0 fully saturated rings. The molecule has 0 aromatic heterocycles. The summed E-state index contributed by atoms with van der Waals surface area (Å²) in [7, 11) is 1.28. The highest BCUT2D eigenvalue weighted by atomic mass is 35.5. The smallest absolute Gasteiger partial charge is 0.328 e. The van der Waals surface area contributed by atoms with Crippen LogP contribution >= 0.6 is 11.6 Å². The summed E-state index contributed by atoms with van der Waals surface area (Å²) in [5.41, 5.74) is 4.64. The van der Waals surface area contributed by atoms with Gasteiger partial charge in [-0.3, -0.25) is 4.79 Å². The predicted molar refractivity (Wildman–Crippen MR) is 137 cm³/mol. The van der Waals surface area contributed by atoms with E-state index in [-0.39, 0.29) is 17.7 Å². The first-order chi connectivity index (χ1) is 16.9. The van der Waals surface area contributed by atoms with Crippen molar-refractivity contribution in [2.45, 2.75) is 12.5 Å². The molecule has 176 valence electrons. The van der Waals surface area contributed by atoms with Gasteiger partial charge in [-0.25, -0.2) is 4.79 Å². The van der Waals surface area contributed by atoms with E-state index < -0.39 is 17.9 Å². The highest BCUT2D eigenvalue weighted by Crippen LogP contribution is 2.27. The molecule has 1 amide bonds. The Balaban J connectivity index is 1.53. The summed E-state index contributed by atoms with van der Waals surface area (Å²) in [5, 5.41) is 13.6. The molecule has 6 heteroatoms. The summed E-state index contributed by atoms with van der Waals surface area (Å²) < 4.78 is 4.92. The van der Waals surface area contributed by atoms with Crippen LogP contribution < -0.4 is 5.32 Å². The normalized spacial score (nSPS) is 11.5.